The summed E-state index contributed by atoms with van der Waals surface area (Å²) in [7, 11) is 0. The van der Waals surface area contributed by atoms with E-state index >= 15 is 0 Å². The molecule has 5 heteroatoms. The van der Waals surface area contributed by atoms with Gasteiger partial charge in [-0.05, 0) is 25.3 Å². The first kappa shape index (κ1) is 12.8. The predicted octanol–water partition coefficient (Wildman–Crippen LogP) is 2.18. The molecule has 0 saturated heterocycles. The summed E-state index contributed by atoms with van der Waals surface area (Å²) in [5, 5.41) is 5.64. The maximum atomic E-state index is 14.0. The summed E-state index contributed by atoms with van der Waals surface area (Å²) >= 11 is 0. The molecule has 1 saturated carbocycles. The fraction of sp³-hybridized carbons (Fsp3) is 0.538. The van der Waals surface area contributed by atoms with Crippen molar-refractivity contribution in [3.05, 3.63) is 23.6 Å². The van der Waals surface area contributed by atoms with Gasteiger partial charge in [-0.15, -0.1) is 0 Å². The molecule has 0 aliphatic heterocycles. The molecule has 2 atom stereocenters. The summed E-state index contributed by atoms with van der Waals surface area (Å²) in [6, 6.07) is 1.62. The molecular weight excluding hydrogens is 233 g/mol. The highest BCUT2D eigenvalue weighted by Gasteiger charge is 2.37. The van der Waals surface area contributed by atoms with E-state index in [9.17, 15) is 9.18 Å². The van der Waals surface area contributed by atoms with Gasteiger partial charge in [0.15, 0.2) is 11.6 Å². The Morgan fingerprint density at radius 1 is 1.56 bits per heavy atom. The van der Waals surface area contributed by atoms with Crippen molar-refractivity contribution in [2.24, 2.45) is 5.92 Å². The lowest BCUT2D eigenvalue weighted by Crippen LogP contribution is -2.28. The van der Waals surface area contributed by atoms with Gasteiger partial charge in [-0.2, -0.15) is 0 Å². The number of halogens is 1. The SMILES string of the molecule is CCNc1nccc(C(=O)NC2CC2CC)c1F. The second-order valence-electron chi connectivity index (χ2n) is 4.54. The highest BCUT2D eigenvalue weighted by molar-refractivity contribution is 5.95. The number of aromatic nitrogens is 1. The molecule has 0 bridgehead atoms. The van der Waals surface area contributed by atoms with E-state index in [1.807, 2.05) is 6.92 Å². The Bertz CT molecular complexity index is 450. The van der Waals surface area contributed by atoms with Gasteiger partial charge in [0, 0.05) is 18.8 Å². The van der Waals surface area contributed by atoms with Gasteiger partial charge in [-0.1, -0.05) is 13.3 Å². The Balaban J connectivity index is 2.08. The molecule has 1 fully saturated rings. The molecule has 0 radical (unpaired) electrons. The lowest BCUT2D eigenvalue weighted by atomic mass is 10.2. The van der Waals surface area contributed by atoms with E-state index in [4.69, 9.17) is 0 Å². The van der Waals surface area contributed by atoms with Crippen LogP contribution in [0.4, 0.5) is 10.2 Å². The maximum Gasteiger partial charge on any atom is 0.254 e. The molecular formula is C13H18FN3O. The van der Waals surface area contributed by atoms with Crippen molar-refractivity contribution in [3.63, 3.8) is 0 Å². The minimum absolute atomic E-state index is 0.0581. The molecule has 2 unspecified atom stereocenters. The maximum absolute atomic E-state index is 14.0. The fourth-order valence-electron chi connectivity index (χ4n) is 2.03. The molecule has 2 rings (SSSR count). The van der Waals surface area contributed by atoms with Crippen molar-refractivity contribution in [1.82, 2.24) is 10.3 Å². The van der Waals surface area contributed by atoms with Crippen molar-refractivity contribution in [3.8, 4) is 0 Å². The first-order valence-electron chi connectivity index (χ1n) is 6.36. The van der Waals surface area contributed by atoms with Gasteiger partial charge in [0.05, 0.1) is 5.56 Å². The number of hydrogen-bond acceptors (Lipinski definition) is 3. The Labute approximate surface area is 106 Å². The molecule has 1 aliphatic rings. The zero-order valence-corrected chi connectivity index (χ0v) is 10.7. The molecule has 1 aliphatic carbocycles. The molecule has 1 heterocycles. The van der Waals surface area contributed by atoms with E-state index in [1.165, 1.54) is 12.3 Å². The lowest BCUT2D eigenvalue weighted by Gasteiger charge is -2.08. The van der Waals surface area contributed by atoms with Crippen LogP contribution in [0.5, 0.6) is 0 Å². The van der Waals surface area contributed by atoms with Crippen molar-refractivity contribution in [2.75, 3.05) is 11.9 Å². The Morgan fingerprint density at radius 3 is 2.94 bits per heavy atom. The average Bonchev–Trinajstić information content (AvgIpc) is 3.10. The molecule has 1 aromatic rings. The van der Waals surface area contributed by atoms with Crippen LogP contribution in [0.3, 0.4) is 0 Å². The van der Waals surface area contributed by atoms with Crippen LogP contribution < -0.4 is 10.6 Å². The highest BCUT2D eigenvalue weighted by atomic mass is 19.1. The summed E-state index contributed by atoms with van der Waals surface area (Å²) < 4.78 is 14.0. The number of carbonyl (C=O) groups is 1. The van der Waals surface area contributed by atoms with Gasteiger partial charge in [0.25, 0.3) is 5.91 Å². The highest BCUT2D eigenvalue weighted by Crippen LogP contribution is 2.33. The number of hydrogen-bond donors (Lipinski definition) is 2. The second kappa shape index (κ2) is 5.33. The summed E-state index contributed by atoms with van der Waals surface area (Å²) in [5.41, 5.74) is 0.0581. The summed E-state index contributed by atoms with van der Waals surface area (Å²) in [6.07, 6.45) is 3.49. The van der Waals surface area contributed by atoms with Crippen molar-refractivity contribution in [1.29, 1.82) is 0 Å². The lowest BCUT2D eigenvalue weighted by molar-refractivity contribution is 0.0945. The minimum Gasteiger partial charge on any atom is -0.368 e. The molecule has 0 spiro atoms. The third-order valence-corrected chi connectivity index (χ3v) is 3.24. The Kier molecular flexibility index (Phi) is 3.79. The zero-order valence-electron chi connectivity index (χ0n) is 10.7. The van der Waals surface area contributed by atoms with Crippen LogP contribution in [0.2, 0.25) is 0 Å². The smallest absolute Gasteiger partial charge is 0.254 e. The number of nitrogens with one attached hydrogen (secondary N) is 2. The molecule has 2 N–H and O–H groups in total. The van der Waals surface area contributed by atoms with Gasteiger partial charge >= 0.3 is 0 Å². The van der Waals surface area contributed by atoms with Crippen molar-refractivity contribution >= 4 is 11.7 Å². The normalized spacial score (nSPS) is 21.5. The third kappa shape index (κ3) is 2.60. The Hall–Kier alpha value is -1.65. The molecule has 0 aromatic carbocycles. The van der Waals surface area contributed by atoms with E-state index in [-0.39, 0.29) is 23.3 Å². The Morgan fingerprint density at radius 2 is 2.33 bits per heavy atom. The van der Waals surface area contributed by atoms with Crippen LogP contribution in [0.1, 0.15) is 37.0 Å². The number of pyridine rings is 1. The summed E-state index contributed by atoms with van der Waals surface area (Å²) in [4.78, 5) is 15.8. The second-order valence-corrected chi connectivity index (χ2v) is 4.54. The molecule has 98 valence electrons. The third-order valence-electron chi connectivity index (χ3n) is 3.24. The quantitative estimate of drug-likeness (QED) is 0.843. The number of rotatable bonds is 5. The fourth-order valence-corrected chi connectivity index (χ4v) is 2.03. The van der Waals surface area contributed by atoms with E-state index in [2.05, 4.69) is 22.5 Å². The van der Waals surface area contributed by atoms with Crippen LogP contribution in [-0.4, -0.2) is 23.5 Å². The minimum atomic E-state index is -0.578. The van der Waals surface area contributed by atoms with Crippen LogP contribution in [-0.2, 0) is 0 Å². The molecule has 18 heavy (non-hydrogen) atoms. The van der Waals surface area contributed by atoms with Crippen LogP contribution in [0, 0.1) is 11.7 Å². The molecule has 1 aromatic heterocycles. The average molecular weight is 251 g/mol. The summed E-state index contributed by atoms with van der Waals surface area (Å²) in [6.45, 7) is 4.51. The van der Waals surface area contributed by atoms with Gasteiger partial charge < -0.3 is 10.6 Å². The topological polar surface area (TPSA) is 54.0 Å². The van der Waals surface area contributed by atoms with Crippen molar-refractivity contribution < 1.29 is 9.18 Å². The number of carbonyl (C=O) groups excluding carboxylic acids is 1. The number of nitrogens with zero attached hydrogens (tertiary/aromatic N) is 1. The zero-order chi connectivity index (χ0) is 13.1. The van der Waals surface area contributed by atoms with Crippen LogP contribution in [0.25, 0.3) is 0 Å². The van der Waals surface area contributed by atoms with Crippen molar-refractivity contribution in [2.45, 2.75) is 32.7 Å². The van der Waals surface area contributed by atoms with E-state index in [0.717, 1.165) is 12.8 Å². The van der Waals surface area contributed by atoms with Crippen LogP contribution in [0.15, 0.2) is 12.3 Å². The van der Waals surface area contributed by atoms with E-state index in [0.29, 0.717) is 12.5 Å². The van der Waals surface area contributed by atoms with Gasteiger partial charge in [-0.3, -0.25) is 4.79 Å². The largest absolute Gasteiger partial charge is 0.368 e. The predicted molar refractivity (Wildman–Crippen MR) is 68.0 cm³/mol. The molecule has 1 amide bonds. The van der Waals surface area contributed by atoms with Crippen LogP contribution >= 0.6 is 0 Å². The van der Waals surface area contributed by atoms with E-state index < -0.39 is 5.82 Å². The number of anilines is 1. The standard InChI is InChI=1S/C13H18FN3O/c1-3-8-7-10(8)17-13(18)9-5-6-16-12(11(9)14)15-4-2/h5-6,8,10H,3-4,7H2,1-2H3,(H,15,16)(H,17,18). The first-order valence-corrected chi connectivity index (χ1v) is 6.36. The number of amides is 1. The summed E-state index contributed by atoms with van der Waals surface area (Å²) in [5.74, 6) is -0.249. The van der Waals surface area contributed by atoms with Gasteiger partial charge in [0.1, 0.15) is 0 Å². The first-order chi connectivity index (χ1) is 8.67. The monoisotopic (exact) mass is 251 g/mol. The van der Waals surface area contributed by atoms with Gasteiger partial charge in [-0.25, -0.2) is 9.37 Å². The van der Waals surface area contributed by atoms with Gasteiger partial charge in [0.2, 0.25) is 0 Å². The molecule has 4 nitrogen and oxygen atoms in total. The van der Waals surface area contributed by atoms with E-state index in [1.54, 1.807) is 0 Å².